The average molecular weight is 449 g/mol. The SMILES string of the molecule is CCNC(=O)C(CC)N(Cc1c(Cl)cccc1Cl)C(=O)CCc1ccc(CC)cc1. The van der Waals surface area contributed by atoms with E-state index in [2.05, 4.69) is 36.5 Å². The minimum absolute atomic E-state index is 0.0938. The van der Waals surface area contributed by atoms with Gasteiger partial charge in [-0.05, 0) is 49.4 Å². The quantitative estimate of drug-likeness (QED) is 0.526. The first-order valence-corrected chi connectivity index (χ1v) is 11.2. The van der Waals surface area contributed by atoms with Crippen molar-refractivity contribution in [3.8, 4) is 0 Å². The number of nitrogens with one attached hydrogen (secondary N) is 1. The van der Waals surface area contributed by atoms with Gasteiger partial charge < -0.3 is 10.2 Å². The van der Waals surface area contributed by atoms with E-state index in [0.29, 0.717) is 41.4 Å². The topological polar surface area (TPSA) is 49.4 Å². The maximum absolute atomic E-state index is 13.2. The molecule has 0 aliphatic carbocycles. The molecule has 0 heterocycles. The summed E-state index contributed by atoms with van der Waals surface area (Å²) in [6.07, 6.45) is 2.41. The van der Waals surface area contributed by atoms with Gasteiger partial charge in [-0.1, -0.05) is 67.4 Å². The fraction of sp³-hybridized carbons (Fsp3) is 0.417. The van der Waals surface area contributed by atoms with Crippen LogP contribution < -0.4 is 5.32 Å². The second kappa shape index (κ2) is 12.0. The number of nitrogens with zero attached hydrogens (tertiary/aromatic N) is 1. The van der Waals surface area contributed by atoms with Crippen LogP contribution in [0, 0.1) is 0 Å². The Morgan fingerprint density at radius 3 is 2.10 bits per heavy atom. The van der Waals surface area contributed by atoms with E-state index < -0.39 is 6.04 Å². The molecule has 1 N–H and O–H groups in total. The summed E-state index contributed by atoms with van der Waals surface area (Å²) in [5.74, 6) is -0.257. The van der Waals surface area contributed by atoms with E-state index in [4.69, 9.17) is 23.2 Å². The number of amides is 2. The van der Waals surface area contributed by atoms with E-state index >= 15 is 0 Å². The highest BCUT2D eigenvalue weighted by molar-refractivity contribution is 6.36. The molecule has 0 aromatic heterocycles. The second-order valence-corrected chi connectivity index (χ2v) is 8.02. The number of hydrogen-bond acceptors (Lipinski definition) is 2. The van der Waals surface area contributed by atoms with Crippen molar-refractivity contribution in [2.24, 2.45) is 0 Å². The molecule has 0 saturated heterocycles. The molecular weight excluding hydrogens is 419 g/mol. The molecular formula is C24H30Cl2N2O2. The third-order valence-electron chi connectivity index (χ3n) is 5.19. The summed E-state index contributed by atoms with van der Waals surface area (Å²) in [5.41, 5.74) is 3.02. The molecule has 2 rings (SSSR count). The molecule has 0 radical (unpaired) electrons. The number of benzene rings is 2. The normalized spacial score (nSPS) is 11.8. The summed E-state index contributed by atoms with van der Waals surface area (Å²) in [5, 5.41) is 3.81. The Balaban J connectivity index is 2.24. The largest absolute Gasteiger partial charge is 0.355 e. The third-order valence-corrected chi connectivity index (χ3v) is 5.89. The van der Waals surface area contributed by atoms with Gasteiger partial charge in [0.1, 0.15) is 6.04 Å². The third kappa shape index (κ3) is 6.48. The molecule has 6 heteroatoms. The Kier molecular flexibility index (Phi) is 9.67. The molecule has 0 spiro atoms. The van der Waals surface area contributed by atoms with E-state index in [0.717, 1.165) is 12.0 Å². The van der Waals surface area contributed by atoms with Crippen LogP contribution in [0.15, 0.2) is 42.5 Å². The van der Waals surface area contributed by atoms with E-state index in [1.807, 2.05) is 13.8 Å². The van der Waals surface area contributed by atoms with Gasteiger partial charge in [-0.2, -0.15) is 0 Å². The second-order valence-electron chi connectivity index (χ2n) is 7.21. The van der Waals surface area contributed by atoms with Crippen molar-refractivity contribution in [1.82, 2.24) is 10.2 Å². The van der Waals surface area contributed by atoms with Crippen LogP contribution in [0.25, 0.3) is 0 Å². The molecule has 4 nitrogen and oxygen atoms in total. The number of halogens is 2. The summed E-state index contributed by atoms with van der Waals surface area (Å²) < 4.78 is 0. The van der Waals surface area contributed by atoms with Gasteiger partial charge in [0.2, 0.25) is 11.8 Å². The lowest BCUT2D eigenvalue weighted by molar-refractivity contribution is -0.141. The van der Waals surface area contributed by atoms with Crippen LogP contribution in [0.2, 0.25) is 10.0 Å². The van der Waals surface area contributed by atoms with Crippen molar-refractivity contribution in [1.29, 1.82) is 0 Å². The zero-order valence-corrected chi connectivity index (χ0v) is 19.4. The molecule has 1 atom stereocenters. The Morgan fingerprint density at radius 2 is 1.57 bits per heavy atom. The van der Waals surface area contributed by atoms with Crippen molar-refractivity contribution >= 4 is 35.0 Å². The predicted molar refractivity (Wildman–Crippen MR) is 124 cm³/mol. The van der Waals surface area contributed by atoms with Gasteiger partial charge in [0, 0.05) is 35.1 Å². The van der Waals surface area contributed by atoms with Gasteiger partial charge >= 0.3 is 0 Å². The van der Waals surface area contributed by atoms with Crippen molar-refractivity contribution < 1.29 is 9.59 Å². The van der Waals surface area contributed by atoms with Gasteiger partial charge in [-0.3, -0.25) is 9.59 Å². The Labute approximate surface area is 189 Å². The number of carbonyl (C=O) groups excluding carboxylic acids is 2. The van der Waals surface area contributed by atoms with Crippen LogP contribution in [0.4, 0.5) is 0 Å². The molecule has 0 fully saturated rings. The summed E-state index contributed by atoms with van der Waals surface area (Å²) in [6, 6.07) is 13.0. The zero-order chi connectivity index (χ0) is 22.1. The molecule has 0 aliphatic heterocycles. The van der Waals surface area contributed by atoms with Gasteiger partial charge in [0.05, 0.1) is 0 Å². The van der Waals surface area contributed by atoms with Crippen LogP contribution in [0.3, 0.4) is 0 Å². The van der Waals surface area contributed by atoms with E-state index in [9.17, 15) is 9.59 Å². The van der Waals surface area contributed by atoms with Crippen molar-refractivity contribution in [3.63, 3.8) is 0 Å². The highest BCUT2D eigenvalue weighted by Gasteiger charge is 2.29. The molecule has 162 valence electrons. The molecule has 0 bridgehead atoms. The van der Waals surface area contributed by atoms with Gasteiger partial charge in [-0.25, -0.2) is 0 Å². The van der Waals surface area contributed by atoms with Crippen LogP contribution in [-0.2, 0) is 29.0 Å². The molecule has 1 unspecified atom stereocenters. The summed E-state index contributed by atoms with van der Waals surface area (Å²) in [4.78, 5) is 27.5. The summed E-state index contributed by atoms with van der Waals surface area (Å²) in [7, 11) is 0. The van der Waals surface area contributed by atoms with Crippen LogP contribution >= 0.6 is 23.2 Å². The number of carbonyl (C=O) groups is 2. The maximum Gasteiger partial charge on any atom is 0.242 e. The standard InChI is InChI=1S/C24H30Cl2N2O2/c1-4-17-10-12-18(13-11-17)14-15-23(29)28(22(5-2)24(30)27-6-3)16-19-20(25)8-7-9-21(19)26/h7-13,22H,4-6,14-16H2,1-3H3,(H,27,30). The number of hydrogen-bond donors (Lipinski definition) is 1. The Hall–Kier alpha value is -2.04. The molecule has 2 aromatic rings. The fourth-order valence-corrected chi connectivity index (χ4v) is 3.92. The average Bonchev–Trinajstić information content (AvgIpc) is 2.74. The summed E-state index contributed by atoms with van der Waals surface area (Å²) in [6.45, 7) is 6.58. The molecule has 2 amide bonds. The highest BCUT2D eigenvalue weighted by Crippen LogP contribution is 2.27. The smallest absolute Gasteiger partial charge is 0.242 e. The summed E-state index contributed by atoms with van der Waals surface area (Å²) >= 11 is 12.7. The lowest BCUT2D eigenvalue weighted by Crippen LogP contribution is -2.49. The monoisotopic (exact) mass is 448 g/mol. The Morgan fingerprint density at radius 1 is 0.967 bits per heavy atom. The molecule has 0 saturated carbocycles. The van der Waals surface area contributed by atoms with Crippen molar-refractivity contribution in [2.45, 2.75) is 59.0 Å². The van der Waals surface area contributed by atoms with Crippen LogP contribution in [0.1, 0.15) is 50.3 Å². The van der Waals surface area contributed by atoms with Gasteiger partial charge in [-0.15, -0.1) is 0 Å². The highest BCUT2D eigenvalue weighted by atomic mass is 35.5. The van der Waals surface area contributed by atoms with E-state index in [1.54, 1.807) is 23.1 Å². The minimum atomic E-state index is -0.577. The van der Waals surface area contributed by atoms with Crippen molar-refractivity contribution in [3.05, 3.63) is 69.2 Å². The molecule has 2 aromatic carbocycles. The minimum Gasteiger partial charge on any atom is -0.355 e. The number of aryl methyl sites for hydroxylation is 2. The first-order valence-electron chi connectivity index (χ1n) is 10.5. The number of rotatable bonds is 10. The van der Waals surface area contributed by atoms with E-state index in [1.165, 1.54) is 5.56 Å². The van der Waals surface area contributed by atoms with Gasteiger partial charge in [0.25, 0.3) is 0 Å². The van der Waals surface area contributed by atoms with Crippen molar-refractivity contribution in [2.75, 3.05) is 6.54 Å². The number of likely N-dealkylation sites (N-methyl/N-ethyl adjacent to an activating group) is 1. The van der Waals surface area contributed by atoms with Gasteiger partial charge in [0.15, 0.2) is 0 Å². The van der Waals surface area contributed by atoms with E-state index in [-0.39, 0.29) is 18.4 Å². The lowest BCUT2D eigenvalue weighted by atomic mass is 10.0. The lowest BCUT2D eigenvalue weighted by Gasteiger charge is -2.31. The zero-order valence-electron chi connectivity index (χ0n) is 17.9. The van der Waals surface area contributed by atoms with Crippen LogP contribution in [-0.4, -0.2) is 29.3 Å². The fourth-order valence-electron chi connectivity index (χ4n) is 3.40. The van der Waals surface area contributed by atoms with Crippen LogP contribution in [0.5, 0.6) is 0 Å². The Bertz CT molecular complexity index is 833. The first kappa shape index (κ1) is 24.2. The molecule has 0 aliphatic rings. The molecule has 30 heavy (non-hydrogen) atoms. The predicted octanol–water partition coefficient (Wildman–Crippen LogP) is 5.43. The first-order chi connectivity index (χ1) is 14.4. The maximum atomic E-state index is 13.2.